The number of nitrogens with zero attached hydrogens (tertiary/aromatic N) is 2. The molecule has 0 unspecified atom stereocenters. The van der Waals surface area contributed by atoms with E-state index in [1.807, 2.05) is 18.2 Å². The van der Waals surface area contributed by atoms with Gasteiger partial charge >= 0.3 is 5.97 Å². The molecule has 0 radical (unpaired) electrons. The Morgan fingerprint density at radius 1 is 1.19 bits per heavy atom. The van der Waals surface area contributed by atoms with E-state index < -0.39 is 17.5 Å². The second kappa shape index (κ2) is 3.98. The number of carboxylic acids is 1. The van der Waals surface area contributed by atoms with Crippen molar-refractivity contribution >= 4 is 5.97 Å². The standard InChI is InChI=1S/C11H8N2O3/c14-10-9(11(15)16)13-8(6-12-10)7-4-2-1-3-5-7/h1-6H,(H,12,14)(H,15,16). The molecule has 0 saturated heterocycles. The molecule has 2 rings (SSSR count). The Balaban J connectivity index is 2.52. The van der Waals surface area contributed by atoms with Crippen LogP contribution >= 0.6 is 0 Å². The molecular weight excluding hydrogens is 208 g/mol. The Morgan fingerprint density at radius 2 is 1.88 bits per heavy atom. The molecule has 5 heteroatoms. The van der Waals surface area contributed by atoms with E-state index in [2.05, 4.69) is 9.97 Å². The maximum Gasteiger partial charge on any atom is 0.360 e. The van der Waals surface area contributed by atoms with Crippen molar-refractivity contribution in [1.29, 1.82) is 0 Å². The summed E-state index contributed by atoms with van der Waals surface area (Å²) in [4.78, 5) is 18.2. The fraction of sp³-hybridized carbons (Fsp3) is 0. The number of aromatic carboxylic acids is 1. The molecule has 0 aliphatic heterocycles. The first-order valence-electron chi connectivity index (χ1n) is 4.53. The van der Waals surface area contributed by atoms with Gasteiger partial charge in [0.25, 0.3) is 0 Å². The van der Waals surface area contributed by atoms with E-state index in [9.17, 15) is 9.90 Å². The van der Waals surface area contributed by atoms with Crippen LogP contribution in [-0.2, 0) is 0 Å². The lowest BCUT2D eigenvalue weighted by molar-refractivity contribution is 0.0686. The third kappa shape index (κ3) is 1.83. The van der Waals surface area contributed by atoms with Crippen molar-refractivity contribution in [3.05, 3.63) is 42.2 Å². The minimum absolute atomic E-state index is 0.413. The van der Waals surface area contributed by atoms with E-state index >= 15 is 0 Å². The van der Waals surface area contributed by atoms with Crippen LogP contribution < -0.4 is 0 Å². The molecule has 1 aromatic heterocycles. The number of rotatable bonds is 2. The summed E-state index contributed by atoms with van der Waals surface area (Å²) in [6.07, 6.45) is 1.33. The highest BCUT2D eigenvalue weighted by molar-refractivity contribution is 5.88. The Kier molecular flexibility index (Phi) is 2.51. The second-order valence-corrected chi connectivity index (χ2v) is 3.10. The normalized spacial score (nSPS) is 10.0. The van der Waals surface area contributed by atoms with Crippen LogP contribution in [0.3, 0.4) is 0 Å². The lowest BCUT2D eigenvalue weighted by Crippen LogP contribution is -2.03. The van der Waals surface area contributed by atoms with Crippen LogP contribution in [0.2, 0.25) is 0 Å². The maximum atomic E-state index is 10.7. The van der Waals surface area contributed by atoms with E-state index in [0.717, 1.165) is 5.56 Å². The number of carboxylic acid groups (broad SMARTS) is 1. The lowest BCUT2D eigenvalue weighted by Gasteiger charge is -2.02. The summed E-state index contributed by atoms with van der Waals surface area (Å²) in [5.74, 6) is -1.88. The van der Waals surface area contributed by atoms with Crippen LogP contribution in [-0.4, -0.2) is 26.2 Å². The van der Waals surface area contributed by atoms with Crippen molar-refractivity contribution in [2.24, 2.45) is 0 Å². The van der Waals surface area contributed by atoms with Gasteiger partial charge in [-0.05, 0) is 0 Å². The molecule has 1 heterocycles. The molecule has 0 aliphatic carbocycles. The number of hydrogen-bond donors (Lipinski definition) is 2. The molecule has 1 aromatic carbocycles. The van der Waals surface area contributed by atoms with Crippen LogP contribution in [0.15, 0.2) is 36.5 Å². The van der Waals surface area contributed by atoms with Crippen LogP contribution in [0.1, 0.15) is 10.5 Å². The van der Waals surface area contributed by atoms with Gasteiger partial charge in [-0.25, -0.2) is 14.8 Å². The molecule has 0 fully saturated rings. The van der Waals surface area contributed by atoms with Crippen LogP contribution in [0.4, 0.5) is 0 Å². The quantitative estimate of drug-likeness (QED) is 0.795. The molecule has 0 saturated carbocycles. The molecule has 0 spiro atoms. The van der Waals surface area contributed by atoms with Crippen LogP contribution in [0, 0.1) is 0 Å². The van der Waals surface area contributed by atoms with Gasteiger partial charge in [0, 0.05) is 5.56 Å². The average Bonchev–Trinajstić information content (AvgIpc) is 2.30. The van der Waals surface area contributed by atoms with Gasteiger partial charge < -0.3 is 10.2 Å². The fourth-order valence-electron chi connectivity index (χ4n) is 1.27. The van der Waals surface area contributed by atoms with E-state index in [1.54, 1.807) is 12.1 Å². The highest BCUT2D eigenvalue weighted by Gasteiger charge is 2.14. The van der Waals surface area contributed by atoms with Gasteiger partial charge in [-0.1, -0.05) is 30.3 Å². The Bertz CT molecular complexity index is 526. The minimum atomic E-state index is -1.30. The van der Waals surface area contributed by atoms with Gasteiger partial charge in [0.2, 0.25) is 11.6 Å². The Hall–Kier alpha value is -2.43. The van der Waals surface area contributed by atoms with Crippen molar-refractivity contribution in [2.45, 2.75) is 0 Å². The van der Waals surface area contributed by atoms with E-state index in [0.29, 0.717) is 5.69 Å². The van der Waals surface area contributed by atoms with Gasteiger partial charge in [0.15, 0.2) is 0 Å². The van der Waals surface area contributed by atoms with Gasteiger partial charge in [0.05, 0.1) is 11.9 Å². The Morgan fingerprint density at radius 3 is 2.50 bits per heavy atom. The van der Waals surface area contributed by atoms with Gasteiger partial charge in [-0.3, -0.25) is 0 Å². The first-order valence-corrected chi connectivity index (χ1v) is 4.53. The molecule has 0 aliphatic rings. The number of aromatic nitrogens is 2. The first-order chi connectivity index (χ1) is 7.68. The van der Waals surface area contributed by atoms with Crippen molar-refractivity contribution in [1.82, 2.24) is 9.97 Å². The molecule has 80 valence electrons. The number of hydrogen-bond acceptors (Lipinski definition) is 4. The minimum Gasteiger partial charge on any atom is -0.492 e. The fourth-order valence-corrected chi connectivity index (χ4v) is 1.27. The average molecular weight is 216 g/mol. The smallest absolute Gasteiger partial charge is 0.360 e. The molecule has 0 bridgehead atoms. The number of carbonyl (C=O) groups is 1. The summed E-state index contributed by atoms with van der Waals surface area (Å²) in [6.45, 7) is 0. The predicted molar refractivity (Wildman–Crippen MR) is 56.1 cm³/mol. The van der Waals surface area contributed by atoms with Gasteiger partial charge in [-0.15, -0.1) is 0 Å². The topological polar surface area (TPSA) is 83.3 Å². The monoisotopic (exact) mass is 216 g/mol. The molecule has 5 nitrogen and oxygen atoms in total. The van der Waals surface area contributed by atoms with Crippen molar-refractivity contribution < 1.29 is 15.0 Å². The zero-order chi connectivity index (χ0) is 11.5. The summed E-state index contributed by atoms with van der Waals surface area (Å²) in [7, 11) is 0. The summed E-state index contributed by atoms with van der Waals surface area (Å²) in [5, 5.41) is 18.0. The molecule has 2 aromatic rings. The van der Waals surface area contributed by atoms with E-state index in [-0.39, 0.29) is 0 Å². The third-order valence-electron chi connectivity index (χ3n) is 2.03. The summed E-state index contributed by atoms with van der Waals surface area (Å²) in [5.41, 5.74) is 0.717. The summed E-state index contributed by atoms with van der Waals surface area (Å²) < 4.78 is 0. The highest BCUT2D eigenvalue weighted by atomic mass is 16.4. The lowest BCUT2D eigenvalue weighted by atomic mass is 10.1. The molecular formula is C11H8N2O3. The molecule has 0 amide bonds. The van der Waals surface area contributed by atoms with Crippen LogP contribution in [0.5, 0.6) is 5.88 Å². The summed E-state index contributed by atoms with van der Waals surface area (Å²) >= 11 is 0. The van der Waals surface area contributed by atoms with Crippen molar-refractivity contribution in [3.63, 3.8) is 0 Å². The highest BCUT2D eigenvalue weighted by Crippen LogP contribution is 2.19. The van der Waals surface area contributed by atoms with Crippen LogP contribution in [0.25, 0.3) is 11.3 Å². The summed E-state index contributed by atoms with van der Waals surface area (Å²) in [6, 6.07) is 9.03. The number of benzene rings is 1. The second-order valence-electron chi connectivity index (χ2n) is 3.10. The molecule has 2 N–H and O–H groups in total. The van der Waals surface area contributed by atoms with E-state index in [1.165, 1.54) is 6.20 Å². The maximum absolute atomic E-state index is 10.7. The number of aromatic hydroxyl groups is 1. The SMILES string of the molecule is O=C(O)c1nc(-c2ccccc2)cnc1O. The Labute approximate surface area is 91.0 Å². The zero-order valence-electron chi connectivity index (χ0n) is 8.16. The van der Waals surface area contributed by atoms with Crippen molar-refractivity contribution in [2.75, 3.05) is 0 Å². The predicted octanol–water partition coefficient (Wildman–Crippen LogP) is 1.55. The zero-order valence-corrected chi connectivity index (χ0v) is 8.16. The van der Waals surface area contributed by atoms with Gasteiger partial charge in [-0.2, -0.15) is 0 Å². The first kappa shape index (κ1) is 10.1. The van der Waals surface area contributed by atoms with Crippen molar-refractivity contribution in [3.8, 4) is 17.1 Å². The molecule has 16 heavy (non-hydrogen) atoms. The largest absolute Gasteiger partial charge is 0.492 e. The molecule has 0 atom stereocenters. The van der Waals surface area contributed by atoms with Gasteiger partial charge in [0.1, 0.15) is 0 Å². The van der Waals surface area contributed by atoms with E-state index in [4.69, 9.17) is 5.11 Å². The third-order valence-corrected chi connectivity index (χ3v) is 2.03.